The zero-order valence-corrected chi connectivity index (χ0v) is 8.98. The molecule has 1 aromatic carbocycles. The Kier molecular flexibility index (Phi) is 3.94. The molecule has 0 aliphatic heterocycles. The van der Waals surface area contributed by atoms with Crippen molar-refractivity contribution in [2.75, 3.05) is 5.32 Å². The molecule has 1 N–H and O–H groups in total. The van der Waals surface area contributed by atoms with Crippen LogP contribution in [0, 0.1) is 17.1 Å². The quantitative estimate of drug-likeness (QED) is 0.828. The standard InChI is InChI=1S/C11H10F4N2/c1-2-8(6-16)17-10-5-7(11(13,14)15)3-4-9(10)12/h3-5,8,17H,2H2,1H3. The van der Waals surface area contributed by atoms with Crippen molar-refractivity contribution in [2.45, 2.75) is 25.6 Å². The lowest BCUT2D eigenvalue weighted by Crippen LogP contribution is -2.17. The highest BCUT2D eigenvalue weighted by molar-refractivity contribution is 5.49. The van der Waals surface area contributed by atoms with Gasteiger partial charge in [0, 0.05) is 0 Å². The van der Waals surface area contributed by atoms with E-state index < -0.39 is 23.6 Å². The van der Waals surface area contributed by atoms with Crippen LogP contribution in [-0.2, 0) is 6.18 Å². The van der Waals surface area contributed by atoms with E-state index in [9.17, 15) is 17.6 Å². The number of benzene rings is 1. The van der Waals surface area contributed by atoms with Gasteiger partial charge in [0.25, 0.3) is 0 Å². The Morgan fingerprint density at radius 1 is 1.41 bits per heavy atom. The zero-order chi connectivity index (χ0) is 13.1. The van der Waals surface area contributed by atoms with Crippen LogP contribution in [0.4, 0.5) is 23.2 Å². The van der Waals surface area contributed by atoms with Gasteiger partial charge in [0.15, 0.2) is 0 Å². The van der Waals surface area contributed by atoms with E-state index in [0.29, 0.717) is 18.6 Å². The average Bonchev–Trinajstić information content (AvgIpc) is 2.26. The summed E-state index contributed by atoms with van der Waals surface area (Å²) in [6.07, 6.45) is -4.16. The Morgan fingerprint density at radius 2 is 2.06 bits per heavy atom. The summed E-state index contributed by atoms with van der Waals surface area (Å²) < 4.78 is 50.4. The number of nitriles is 1. The van der Waals surface area contributed by atoms with Gasteiger partial charge in [0.1, 0.15) is 11.9 Å². The van der Waals surface area contributed by atoms with Gasteiger partial charge in [-0.3, -0.25) is 0 Å². The number of rotatable bonds is 3. The molecule has 0 aliphatic carbocycles. The van der Waals surface area contributed by atoms with Crippen molar-refractivity contribution in [3.63, 3.8) is 0 Å². The fraction of sp³-hybridized carbons (Fsp3) is 0.364. The molecule has 0 radical (unpaired) electrons. The first kappa shape index (κ1) is 13.3. The van der Waals surface area contributed by atoms with Gasteiger partial charge in [0.05, 0.1) is 17.3 Å². The van der Waals surface area contributed by atoms with E-state index in [-0.39, 0.29) is 5.69 Å². The van der Waals surface area contributed by atoms with Crippen molar-refractivity contribution in [3.8, 4) is 6.07 Å². The number of hydrogen-bond acceptors (Lipinski definition) is 2. The van der Waals surface area contributed by atoms with Crippen molar-refractivity contribution < 1.29 is 17.6 Å². The summed E-state index contributed by atoms with van der Waals surface area (Å²) in [6.45, 7) is 1.67. The highest BCUT2D eigenvalue weighted by atomic mass is 19.4. The highest BCUT2D eigenvalue weighted by Gasteiger charge is 2.31. The summed E-state index contributed by atoms with van der Waals surface area (Å²) in [5.74, 6) is -0.813. The maximum atomic E-state index is 13.3. The van der Waals surface area contributed by atoms with Crippen LogP contribution in [0.25, 0.3) is 0 Å². The number of nitrogens with one attached hydrogen (secondary N) is 1. The number of halogens is 4. The van der Waals surface area contributed by atoms with Gasteiger partial charge in [-0.2, -0.15) is 18.4 Å². The molecule has 92 valence electrons. The van der Waals surface area contributed by atoms with Gasteiger partial charge in [0.2, 0.25) is 0 Å². The van der Waals surface area contributed by atoms with Crippen LogP contribution in [0.1, 0.15) is 18.9 Å². The fourth-order valence-electron chi connectivity index (χ4n) is 1.23. The summed E-state index contributed by atoms with van der Waals surface area (Å²) in [6, 6.07) is 3.17. The van der Waals surface area contributed by atoms with Crippen molar-refractivity contribution >= 4 is 5.69 Å². The van der Waals surface area contributed by atoms with E-state index >= 15 is 0 Å². The smallest absolute Gasteiger partial charge is 0.367 e. The van der Waals surface area contributed by atoms with Crippen molar-refractivity contribution in [1.82, 2.24) is 0 Å². The molecule has 0 heterocycles. The van der Waals surface area contributed by atoms with Crippen molar-refractivity contribution in [2.24, 2.45) is 0 Å². The lowest BCUT2D eigenvalue weighted by molar-refractivity contribution is -0.137. The van der Waals surface area contributed by atoms with E-state index in [1.54, 1.807) is 6.92 Å². The highest BCUT2D eigenvalue weighted by Crippen LogP contribution is 2.32. The molecule has 0 fully saturated rings. The van der Waals surface area contributed by atoms with E-state index in [1.165, 1.54) is 0 Å². The first-order chi connectivity index (χ1) is 7.88. The lowest BCUT2D eigenvalue weighted by atomic mass is 10.1. The van der Waals surface area contributed by atoms with E-state index in [1.807, 2.05) is 6.07 Å². The maximum absolute atomic E-state index is 13.3. The third-order valence-electron chi connectivity index (χ3n) is 2.19. The number of hydrogen-bond donors (Lipinski definition) is 1. The van der Waals surface area contributed by atoms with Gasteiger partial charge in [-0.25, -0.2) is 4.39 Å². The van der Waals surface area contributed by atoms with Crippen LogP contribution < -0.4 is 5.32 Å². The molecule has 6 heteroatoms. The van der Waals surface area contributed by atoms with Crippen molar-refractivity contribution in [1.29, 1.82) is 5.26 Å². The van der Waals surface area contributed by atoms with Crippen LogP contribution in [0.15, 0.2) is 18.2 Å². The number of alkyl halides is 3. The van der Waals surface area contributed by atoms with Gasteiger partial charge >= 0.3 is 6.18 Å². The first-order valence-electron chi connectivity index (χ1n) is 4.91. The Morgan fingerprint density at radius 3 is 2.53 bits per heavy atom. The van der Waals surface area contributed by atoms with Crippen LogP contribution in [-0.4, -0.2) is 6.04 Å². The predicted molar refractivity (Wildman–Crippen MR) is 54.7 cm³/mol. The fourth-order valence-corrected chi connectivity index (χ4v) is 1.23. The third-order valence-corrected chi connectivity index (χ3v) is 2.19. The van der Waals surface area contributed by atoms with Gasteiger partial charge in [-0.05, 0) is 24.6 Å². The normalized spacial score (nSPS) is 12.9. The second-order valence-corrected chi connectivity index (χ2v) is 3.43. The van der Waals surface area contributed by atoms with Gasteiger partial charge < -0.3 is 5.32 Å². The molecule has 0 saturated heterocycles. The summed E-state index contributed by atoms with van der Waals surface area (Å²) in [5.41, 5.74) is -1.26. The summed E-state index contributed by atoms with van der Waals surface area (Å²) in [7, 11) is 0. The molecular formula is C11H10F4N2. The number of anilines is 1. The van der Waals surface area contributed by atoms with Crippen LogP contribution >= 0.6 is 0 Å². The van der Waals surface area contributed by atoms with Gasteiger partial charge in [-0.15, -0.1) is 0 Å². The Balaban J connectivity index is 3.04. The summed E-state index contributed by atoms with van der Waals surface area (Å²) >= 11 is 0. The lowest BCUT2D eigenvalue weighted by Gasteiger charge is -2.14. The molecule has 0 spiro atoms. The second kappa shape index (κ2) is 5.04. The SMILES string of the molecule is CCC(C#N)Nc1cc(C(F)(F)F)ccc1F. The molecule has 2 nitrogen and oxygen atoms in total. The van der Waals surface area contributed by atoms with Crippen LogP contribution in [0.3, 0.4) is 0 Å². The molecule has 1 aromatic rings. The molecule has 1 unspecified atom stereocenters. The largest absolute Gasteiger partial charge is 0.416 e. The Labute approximate surface area is 95.9 Å². The maximum Gasteiger partial charge on any atom is 0.416 e. The minimum absolute atomic E-state index is 0.312. The Hall–Kier alpha value is -1.77. The Bertz CT molecular complexity index is 434. The first-order valence-corrected chi connectivity index (χ1v) is 4.91. The summed E-state index contributed by atoms with van der Waals surface area (Å²) in [4.78, 5) is 0. The zero-order valence-electron chi connectivity index (χ0n) is 8.98. The molecule has 0 aliphatic rings. The molecule has 0 aromatic heterocycles. The molecule has 17 heavy (non-hydrogen) atoms. The number of nitrogens with zero attached hydrogens (tertiary/aromatic N) is 1. The molecule has 0 saturated carbocycles. The third kappa shape index (κ3) is 3.34. The second-order valence-electron chi connectivity index (χ2n) is 3.43. The van der Waals surface area contributed by atoms with E-state index in [4.69, 9.17) is 5.26 Å². The minimum atomic E-state index is -4.53. The summed E-state index contributed by atoms with van der Waals surface area (Å²) in [5, 5.41) is 11.1. The van der Waals surface area contributed by atoms with Crippen LogP contribution in [0.5, 0.6) is 0 Å². The minimum Gasteiger partial charge on any atom is -0.367 e. The van der Waals surface area contributed by atoms with Crippen molar-refractivity contribution in [3.05, 3.63) is 29.6 Å². The molecule has 1 rings (SSSR count). The molecule has 1 atom stereocenters. The van der Waals surface area contributed by atoms with Gasteiger partial charge in [-0.1, -0.05) is 6.92 Å². The van der Waals surface area contributed by atoms with Crippen LogP contribution in [0.2, 0.25) is 0 Å². The molecule has 0 amide bonds. The predicted octanol–water partition coefficient (Wildman–Crippen LogP) is 3.56. The van der Waals surface area contributed by atoms with E-state index in [0.717, 1.165) is 6.07 Å². The van der Waals surface area contributed by atoms with E-state index in [2.05, 4.69) is 5.32 Å². The monoisotopic (exact) mass is 246 g/mol. The topological polar surface area (TPSA) is 35.8 Å². The average molecular weight is 246 g/mol. The molecule has 0 bridgehead atoms. The molecular weight excluding hydrogens is 236 g/mol.